The Hall–Kier alpha value is -5.21. The number of hydrogen-bond donors (Lipinski definition) is 3. The Bertz CT molecular complexity index is 2220. The molecule has 0 aliphatic carbocycles. The van der Waals surface area contributed by atoms with Gasteiger partial charge < -0.3 is 63.7 Å². The number of halogens is 2. The van der Waals surface area contributed by atoms with Crippen molar-refractivity contribution in [1.82, 2.24) is 30.0 Å². The zero-order chi connectivity index (χ0) is 55.5. The van der Waals surface area contributed by atoms with E-state index in [0.717, 1.165) is 28.7 Å². The van der Waals surface area contributed by atoms with Crippen LogP contribution >= 0.6 is 11.8 Å². The molecule has 20 nitrogen and oxygen atoms in total. The van der Waals surface area contributed by atoms with Gasteiger partial charge in [0.25, 0.3) is 11.8 Å². The molecule has 1 aliphatic rings. The predicted molar refractivity (Wildman–Crippen MR) is 286 cm³/mol. The van der Waals surface area contributed by atoms with Crippen LogP contribution in [0.15, 0.2) is 66.9 Å². The van der Waals surface area contributed by atoms with Gasteiger partial charge in [-0.3, -0.25) is 28.9 Å². The molecule has 428 valence electrons. The lowest BCUT2D eigenvalue weighted by Crippen LogP contribution is -2.44. The van der Waals surface area contributed by atoms with E-state index in [0.29, 0.717) is 150 Å². The topological polar surface area (TPSA) is 234 Å². The number of aromatic nitrogens is 2. The van der Waals surface area contributed by atoms with E-state index in [9.17, 15) is 28.4 Å². The molecule has 1 aliphatic heterocycles. The third-order valence-electron chi connectivity index (χ3n) is 11.4. The zero-order valence-corrected chi connectivity index (χ0v) is 45.7. The third kappa shape index (κ3) is 25.9. The molecule has 1 unspecified atom stereocenters. The van der Waals surface area contributed by atoms with E-state index >= 15 is 4.39 Å². The van der Waals surface area contributed by atoms with Crippen LogP contribution in [-0.2, 0) is 68.4 Å². The number of carbonyl (C=O) groups excluding carboxylic acids is 5. The van der Waals surface area contributed by atoms with Gasteiger partial charge in [-0.15, -0.1) is 0 Å². The average molecular weight is 1100 g/mol. The third-order valence-corrected chi connectivity index (χ3v) is 12.4. The predicted octanol–water partition coefficient (Wildman–Crippen LogP) is 3.94. The number of imidazole rings is 1. The molecule has 1 aromatic heterocycles. The number of hydrogen-bond acceptors (Lipinski definition) is 16. The molecule has 0 fully saturated rings. The minimum Gasteiger partial charge on any atom is -0.379 e. The van der Waals surface area contributed by atoms with E-state index in [1.54, 1.807) is 11.1 Å². The normalized spacial score (nSPS) is 12.9. The van der Waals surface area contributed by atoms with Crippen LogP contribution in [0.2, 0.25) is 0 Å². The van der Waals surface area contributed by atoms with Crippen LogP contribution in [0, 0.1) is 17.0 Å². The fourth-order valence-electron chi connectivity index (χ4n) is 7.65. The van der Waals surface area contributed by atoms with Crippen LogP contribution in [0.3, 0.4) is 0 Å². The first-order chi connectivity index (χ1) is 37.3. The summed E-state index contributed by atoms with van der Waals surface area (Å²) in [6.07, 6.45) is 4.86. The van der Waals surface area contributed by atoms with Crippen molar-refractivity contribution in [3.8, 4) is 11.3 Å². The van der Waals surface area contributed by atoms with Crippen LogP contribution in [0.1, 0.15) is 57.5 Å². The molecule has 4 N–H and O–H groups in total. The van der Waals surface area contributed by atoms with Crippen molar-refractivity contribution in [3.63, 3.8) is 0 Å². The lowest BCUT2D eigenvalue weighted by Gasteiger charge is -2.40. The minimum absolute atomic E-state index is 0.0351. The van der Waals surface area contributed by atoms with Gasteiger partial charge in [0.05, 0.1) is 123 Å². The van der Waals surface area contributed by atoms with Gasteiger partial charge in [-0.25, -0.2) is 13.8 Å². The fraction of sp³-hybridized carbons (Fsp3) is 0.593. The van der Waals surface area contributed by atoms with Crippen molar-refractivity contribution in [2.75, 3.05) is 150 Å². The molecule has 0 saturated carbocycles. The van der Waals surface area contributed by atoms with E-state index in [2.05, 4.69) is 10.6 Å². The molecule has 0 spiro atoms. The zero-order valence-electron chi connectivity index (χ0n) is 44.9. The molecule has 2 heterocycles. The largest absolute Gasteiger partial charge is 0.379 e. The Morgan fingerprint density at radius 2 is 1.22 bits per heavy atom. The van der Waals surface area contributed by atoms with Crippen molar-refractivity contribution < 1.29 is 70.6 Å². The van der Waals surface area contributed by atoms with E-state index in [1.807, 2.05) is 55.7 Å². The Kier molecular flexibility index (Phi) is 31.4. The summed E-state index contributed by atoms with van der Waals surface area (Å²) in [7, 11) is 0. The quantitative estimate of drug-likeness (QED) is 0.0538. The standard InChI is InChI=1S/C54H79F2N7O13S/c1-54(2,3)52(53-60-46(44-38-43(55)10-11-45(44)56)40-61(53)39-42-8-5-4-6-9-42)63(19-7-16-57)51(68)41-77-37-18-59-48(65)15-21-69-23-25-71-27-29-73-31-33-75-35-36-76-34-32-74-30-28-72-26-24-70-22-17-58-47(64)14-20-62-49(66)12-13-50(62)67/h4-6,8-13,38,40,52H,7,14-37,39,41,57H2,1-3H3,(H,58,64)(H,59,65). The van der Waals surface area contributed by atoms with Crippen molar-refractivity contribution in [2.24, 2.45) is 11.1 Å². The van der Waals surface area contributed by atoms with Gasteiger partial charge in [0.15, 0.2) is 0 Å². The molecule has 5 amide bonds. The number of amides is 5. The summed E-state index contributed by atoms with van der Waals surface area (Å²) < 4.78 is 75.3. The fourth-order valence-corrected chi connectivity index (χ4v) is 8.38. The number of rotatable bonds is 43. The van der Waals surface area contributed by atoms with Crippen molar-refractivity contribution in [3.05, 3.63) is 89.9 Å². The van der Waals surface area contributed by atoms with Crippen molar-refractivity contribution >= 4 is 41.3 Å². The maximum absolute atomic E-state index is 15.1. The van der Waals surface area contributed by atoms with E-state index in [1.165, 1.54) is 23.9 Å². The van der Waals surface area contributed by atoms with Crippen molar-refractivity contribution in [1.29, 1.82) is 0 Å². The highest BCUT2D eigenvalue weighted by Gasteiger charge is 2.38. The number of nitrogens with zero attached hydrogens (tertiary/aromatic N) is 4. The summed E-state index contributed by atoms with van der Waals surface area (Å²) in [6.45, 7) is 14.1. The maximum Gasteiger partial charge on any atom is 0.253 e. The molecule has 1 atom stereocenters. The molecule has 0 saturated heterocycles. The second-order valence-corrected chi connectivity index (χ2v) is 19.6. The van der Waals surface area contributed by atoms with Gasteiger partial charge in [-0.2, -0.15) is 11.8 Å². The van der Waals surface area contributed by atoms with Gasteiger partial charge >= 0.3 is 0 Å². The molecule has 77 heavy (non-hydrogen) atoms. The van der Waals surface area contributed by atoms with Crippen LogP contribution in [0.4, 0.5) is 8.78 Å². The number of carbonyl (C=O) groups is 5. The second-order valence-electron chi connectivity index (χ2n) is 18.5. The summed E-state index contributed by atoms with van der Waals surface area (Å²) in [5, 5.41) is 5.56. The molecular formula is C54H79F2N7O13S. The summed E-state index contributed by atoms with van der Waals surface area (Å²) in [4.78, 5) is 69.2. The van der Waals surface area contributed by atoms with Gasteiger partial charge in [-0.05, 0) is 42.1 Å². The lowest BCUT2D eigenvalue weighted by atomic mass is 9.84. The number of ether oxygens (including phenoxy) is 8. The van der Waals surface area contributed by atoms with Crippen molar-refractivity contribution in [2.45, 2.75) is 52.6 Å². The first-order valence-electron chi connectivity index (χ1n) is 26.1. The average Bonchev–Trinajstić information content (AvgIpc) is 3.97. The number of benzene rings is 2. The molecule has 0 radical (unpaired) electrons. The highest BCUT2D eigenvalue weighted by atomic mass is 32.2. The van der Waals surface area contributed by atoms with E-state index < -0.39 is 34.9 Å². The maximum atomic E-state index is 15.1. The Balaban J connectivity index is 0.948. The highest BCUT2D eigenvalue weighted by molar-refractivity contribution is 7.99. The summed E-state index contributed by atoms with van der Waals surface area (Å²) in [6, 6.07) is 12.5. The van der Waals surface area contributed by atoms with Crippen LogP contribution in [0.25, 0.3) is 11.3 Å². The number of imide groups is 1. The summed E-state index contributed by atoms with van der Waals surface area (Å²) in [5.41, 5.74) is 6.72. The molecular weight excluding hydrogens is 1020 g/mol. The molecule has 3 aromatic rings. The van der Waals surface area contributed by atoms with Gasteiger partial charge in [0, 0.05) is 75.2 Å². The second kappa shape index (κ2) is 37.6. The Labute approximate surface area is 455 Å². The lowest BCUT2D eigenvalue weighted by molar-refractivity contribution is -0.137. The molecule has 0 bridgehead atoms. The highest BCUT2D eigenvalue weighted by Crippen LogP contribution is 2.40. The Morgan fingerprint density at radius 3 is 1.77 bits per heavy atom. The van der Waals surface area contributed by atoms with Gasteiger partial charge in [0.1, 0.15) is 17.5 Å². The first kappa shape index (κ1) is 64.3. The molecule has 23 heteroatoms. The van der Waals surface area contributed by atoms with Gasteiger partial charge in [-0.1, -0.05) is 51.1 Å². The Morgan fingerprint density at radius 1 is 0.701 bits per heavy atom. The first-order valence-corrected chi connectivity index (χ1v) is 27.3. The molecule has 4 rings (SSSR count). The summed E-state index contributed by atoms with van der Waals surface area (Å²) >= 11 is 1.41. The SMILES string of the molecule is CC(C)(C)C(c1nc(-c2cc(F)ccc2F)cn1Cc1ccccc1)N(CCCN)C(=O)CSCCNC(=O)CCOCCOCCOCCOCCOCCOCCOCCOCCNC(=O)CCN1C(=O)C=CC1=O. The number of thioether (sulfide) groups is 1. The van der Waals surface area contributed by atoms with Crippen LogP contribution < -0.4 is 16.4 Å². The van der Waals surface area contributed by atoms with E-state index in [4.69, 9.17) is 48.6 Å². The summed E-state index contributed by atoms with van der Waals surface area (Å²) in [5.74, 6) is -1.34. The number of nitrogens with two attached hydrogens (primary N) is 1. The number of nitrogens with one attached hydrogen (secondary N) is 2. The van der Waals surface area contributed by atoms with Crippen LogP contribution in [-0.4, -0.2) is 199 Å². The minimum atomic E-state index is -0.599. The monoisotopic (exact) mass is 1100 g/mol. The smallest absolute Gasteiger partial charge is 0.253 e. The van der Waals surface area contributed by atoms with E-state index in [-0.39, 0.29) is 60.7 Å². The van der Waals surface area contributed by atoms with Gasteiger partial charge in [0.2, 0.25) is 17.7 Å². The van der Waals surface area contributed by atoms with Crippen LogP contribution in [0.5, 0.6) is 0 Å². The molecule has 2 aromatic carbocycles.